The maximum Gasteiger partial charge on any atom is 0.124 e. The Hall–Kier alpha value is -0.730. The summed E-state index contributed by atoms with van der Waals surface area (Å²) in [6.45, 7) is 1.94. The molecule has 0 heterocycles. The summed E-state index contributed by atoms with van der Waals surface area (Å²) in [5.41, 5.74) is 1.00. The van der Waals surface area contributed by atoms with Crippen LogP contribution in [0.2, 0.25) is 5.02 Å². The van der Waals surface area contributed by atoms with Crippen LogP contribution in [0, 0.1) is 6.92 Å². The van der Waals surface area contributed by atoms with Crippen LogP contribution in [0.4, 0.5) is 0 Å². The van der Waals surface area contributed by atoms with Crippen molar-refractivity contribution in [3.63, 3.8) is 0 Å². The Kier molecular flexibility index (Phi) is 3.17. The minimum atomic E-state index is -0.319. The number of aliphatic hydroxyl groups excluding tert-OH is 1. The smallest absolute Gasteiger partial charge is 0.124 e. The summed E-state index contributed by atoms with van der Waals surface area (Å²) in [5.74, 6) is 0.794. The largest absolute Gasteiger partial charge is 0.488 e. The van der Waals surface area contributed by atoms with Crippen molar-refractivity contribution in [3.8, 4) is 5.75 Å². The van der Waals surface area contributed by atoms with Crippen molar-refractivity contribution >= 4 is 11.6 Å². The van der Waals surface area contributed by atoms with Crippen LogP contribution in [-0.4, -0.2) is 17.3 Å². The van der Waals surface area contributed by atoms with Gasteiger partial charge in [-0.15, -0.1) is 0 Å². The molecule has 2 rings (SSSR count). The van der Waals surface area contributed by atoms with Crippen LogP contribution in [0.1, 0.15) is 24.8 Å². The fraction of sp³-hybridized carbons (Fsp3) is 0.500. The van der Waals surface area contributed by atoms with Crippen LogP contribution in [0.3, 0.4) is 0 Å². The average molecular weight is 227 g/mol. The van der Waals surface area contributed by atoms with E-state index in [4.69, 9.17) is 16.3 Å². The standard InChI is InChI=1S/C12H15ClO2/c1-8-7-9(5-6-10(8)13)15-12-4-2-3-11(12)14/h5-7,11-12,14H,2-4H2,1H3/t11-,12-/m0/s1. The number of hydrogen-bond acceptors (Lipinski definition) is 2. The van der Waals surface area contributed by atoms with Crippen molar-refractivity contribution in [2.24, 2.45) is 0 Å². The normalized spacial score (nSPS) is 25.5. The second kappa shape index (κ2) is 4.42. The first-order valence-electron chi connectivity index (χ1n) is 5.27. The fourth-order valence-electron chi connectivity index (χ4n) is 1.91. The second-order valence-corrected chi connectivity index (χ2v) is 4.47. The molecule has 0 bridgehead atoms. The molecule has 2 atom stereocenters. The van der Waals surface area contributed by atoms with Gasteiger partial charge in [0.25, 0.3) is 0 Å². The first-order valence-corrected chi connectivity index (χ1v) is 5.65. The van der Waals surface area contributed by atoms with Gasteiger partial charge in [-0.2, -0.15) is 0 Å². The predicted octanol–water partition coefficient (Wildman–Crippen LogP) is 2.94. The van der Waals surface area contributed by atoms with Crippen molar-refractivity contribution in [2.75, 3.05) is 0 Å². The monoisotopic (exact) mass is 226 g/mol. The van der Waals surface area contributed by atoms with Gasteiger partial charge in [-0.1, -0.05) is 11.6 Å². The van der Waals surface area contributed by atoms with E-state index in [1.54, 1.807) is 0 Å². The molecular formula is C12H15ClO2. The lowest BCUT2D eigenvalue weighted by molar-refractivity contribution is 0.0604. The van der Waals surface area contributed by atoms with Crippen molar-refractivity contribution < 1.29 is 9.84 Å². The van der Waals surface area contributed by atoms with E-state index in [1.807, 2.05) is 25.1 Å². The molecule has 0 unspecified atom stereocenters. The number of aryl methyl sites for hydroxylation is 1. The SMILES string of the molecule is Cc1cc(O[C@H]2CCC[C@@H]2O)ccc1Cl. The zero-order valence-corrected chi connectivity index (χ0v) is 9.50. The van der Waals surface area contributed by atoms with Gasteiger partial charge in [0.2, 0.25) is 0 Å². The summed E-state index contributed by atoms with van der Waals surface area (Å²) in [6.07, 6.45) is 2.45. The van der Waals surface area contributed by atoms with Gasteiger partial charge in [-0.3, -0.25) is 0 Å². The molecule has 1 fully saturated rings. The Bertz CT molecular complexity index is 351. The Balaban J connectivity index is 2.07. The van der Waals surface area contributed by atoms with Gasteiger partial charge in [-0.25, -0.2) is 0 Å². The molecule has 15 heavy (non-hydrogen) atoms. The Labute approximate surface area is 94.8 Å². The molecule has 0 radical (unpaired) electrons. The van der Waals surface area contributed by atoms with E-state index in [2.05, 4.69) is 0 Å². The molecule has 1 aromatic carbocycles. The highest BCUT2D eigenvalue weighted by atomic mass is 35.5. The fourth-order valence-corrected chi connectivity index (χ4v) is 2.03. The van der Waals surface area contributed by atoms with E-state index in [0.717, 1.165) is 35.6 Å². The number of ether oxygens (including phenoxy) is 1. The van der Waals surface area contributed by atoms with Crippen LogP contribution >= 0.6 is 11.6 Å². The average Bonchev–Trinajstić information content (AvgIpc) is 2.59. The van der Waals surface area contributed by atoms with Crippen LogP contribution in [-0.2, 0) is 0 Å². The molecule has 1 aliphatic rings. The molecule has 0 spiro atoms. The van der Waals surface area contributed by atoms with E-state index >= 15 is 0 Å². The summed E-state index contributed by atoms with van der Waals surface area (Å²) < 4.78 is 5.71. The first-order chi connectivity index (χ1) is 7.16. The summed E-state index contributed by atoms with van der Waals surface area (Å²) in [7, 11) is 0. The number of benzene rings is 1. The van der Waals surface area contributed by atoms with E-state index in [0.29, 0.717) is 0 Å². The van der Waals surface area contributed by atoms with Crippen LogP contribution in [0.15, 0.2) is 18.2 Å². The van der Waals surface area contributed by atoms with Crippen LogP contribution in [0.5, 0.6) is 5.75 Å². The molecule has 82 valence electrons. The van der Waals surface area contributed by atoms with Gasteiger partial charge in [0.15, 0.2) is 0 Å². The highest BCUT2D eigenvalue weighted by Crippen LogP contribution is 2.27. The quantitative estimate of drug-likeness (QED) is 0.840. The molecule has 1 aromatic rings. The van der Waals surface area contributed by atoms with Gasteiger partial charge in [0.05, 0.1) is 6.10 Å². The molecule has 1 saturated carbocycles. The molecule has 0 saturated heterocycles. The summed E-state index contributed by atoms with van der Waals surface area (Å²) in [6, 6.07) is 5.58. The Morgan fingerprint density at radius 1 is 1.40 bits per heavy atom. The van der Waals surface area contributed by atoms with Crippen LogP contribution < -0.4 is 4.74 Å². The number of rotatable bonds is 2. The summed E-state index contributed by atoms with van der Waals surface area (Å²) >= 11 is 5.92. The third-order valence-corrected chi connectivity index (χ3v) is 3.26. The lowest BCUT2D eigenvalue weighted by Gasteiger charge is -2.17. The van der Waals surface area contributed by atoms with Gasteiger partial charge in [0.1, 0.15) is 11.9 Å². The number of halogens is 1. The highest BCUT2D eigenvalue weighted by molar-refractivity contribution is 6.31. The zero-order chi connectivity index (χ0) is 10.8. The van der Waals surface area contributed by atoms with Gasteiger partial charge >= 0.3 is 0 Å². The minimum absolute atomic E-state index is 0.0504. The molecular weight excluding hydrogens is 212 g/mol. The first kappa shape index (κ1) is 10.8. The third kappa shape index (κ3) is 2.44. The third-order valence-electron chi connectivity index (χ3n) is 2.83. The summed E-state index contributed by atoms with van der Waals surface area (Å²) in [4.78, 5) is 0. The Morgan fingerprint density at radius 2 is 2.20 bits per heavy atom. The summed E-state index contributed by atoms with van der Waals surface area (Å²) in [5, 5.41) is 10.4. The molecule has 0 amide bonds. The molecule has 2 nitrogen and oxygen atoms in total. The van der Waals surface area contributed by atoms with E-state index in [1.165, 1.54) is 0 Å². The van der Waals surface area contributed by atoms with Crippen molar-refractivity contribution in [1.82, 2.24) is 0 Å². The minimum Gasteiger partial charge on any atom is -0.488 e. The van der Waals surface area contributed by atoms with E-state index in [9.17, 15) is 5.11 Å². The van der Waals surface area contributed by atoms with Gasteiger partial charge < -0.3 is 9.84 Å². The highest BCUT2D eigenvalue weighted by Gasteiger charge is 2.26. The van der Waals surface area contributed by atoms with Crippen LogP contribution in [0.25, 0.3) is 0 Å². The molecule has 0 aromatic heterocycles. The van der Waals surface area contributed by atoms with E-state index < -0.39 is 0 Å². The second-order valence-electron chi connectivity index (χ2n) is 4.07. The van der Waals surface area contributed by atoms with Gasteiger partial charge in [-0.05, 0) is 49.9 Å². The molecule has 3 heteroatoms. The van der Waals surface area contributed by atoms with Crippen molar-refractivity contribution in [2.45, 2.75) is 38.4 Å². The van der Waals surface area contributed by atoms with Crippen molar-refractivity contribution in [1.29, 1.82) is 0 Å². The maximum absolute atomic E-state index is 9.62. The number of hydrogen-bond donors (Lipinski definition) is 1. The van der Waals surface area contributed by atoms with E-state index in [-0.39, 0.29) is 12.2 Å². The molecule has 1 N–H and O–H groups in total. The van der Waals surface area contributed by atoms with Gasteiger partial charge in [0, 0.05) is 5.02 Å². The lowest BCUT2D eigenvalue weighted by atomic mass is 10.2. The predicted molar refractivity (Wildman–Crippen MR) is 60.5 cm³/mol. The number of aliphatic hydroxyl groups is 1. The Morgan fingerprint density at radius 3 is 2.80 bits per heavy atom. The van der Waals surface area contributed by atoms with Crippen molar-refractivity contribution in [3.05, 3.63) is 28.8 Å². The molecule has 0 aliphatic heterocycles. The lowest BCUT2D eigenvalue weighted by Crippen LogP contribution is -2.25. The zero-order valence-electron chi connectivity index (χ0n) is 8.74. The maximum atomic E-state index is 9.62. The molecule has 1 aliphatic carbocycles. The topological polar surface area (TPSA) is 29.5 Å².